The van der Waals surface area contributed by atoms with E-state index in [-0.39, 0.29) is 17.8 Å². The van der Waals surface area contributed by atoms with Crippen molar-refractivity contribution in [1.82, 2.24) is 0 Å². The van der Waals surface area contributed by atoms with Gasteiger partial charge in [0, 0.05) is 6.61 Å². The number of aryl methyl sites for hydroxylation is 1. The summed E-state index contributed by atoms with van der Waals surface area (Å²) in [5, 5.41) is 0. The number of hydrogen-bond donors (Lipinski definition) is 0. The third kappa shape index (κ3) is 2.10. The number of ketones is 1. The van der Waals surface area contributed by atoms with Gasteiger partial charge < -0.3 is 4.74 Å². The van der Waals surface area contributed by atoms with Crippen molar-refractivity contribution in [2.24, 2.45) is 5.92 Å². The summed E-state index contributed by atoms with van der Waals surface area (Å²) in [6.45, 7) is 4.57. The summed E-state index contributed by atoms with van der Waals surface area (Å²) in [4.78, 5) is 12.9. The fraction of sp³-hybridized carbons (Fsp3) is 0.545. The molecule has 0 aliphatic carbocycles. The molecule has 1 aliphatic heterocycles. The van der Waals surface area contributed by atoms with E-state index >= 15 is 0 Å². The van der Waals surface area contributed by atoms with Crippen molar-refractivity contribution in [2.45, 2.75) is 26.4 Å². The van der Waals surface area contributed by atoms with Crippen LogP contribution in [0.5, 0.6) is 0 Å². The van der Waals surface area contributed by atoms with Gasteiger partial charge in [0.25, 0.3) is 0 Å². The molecular weight excluding hydrogens is 232 g/mol. The minimum Gasteiger partial charge on any atom is -0.378 e. The van der Waals surface area contributed by atoms with E-state index in [0.717, 1.165) is 16.9 Å². The molecule has 1 aromatic rings. The van der Waals surface area contributed by atoms with E-state index in [1.54, 1.807) is 0 Å². The first-order valence-electron chi connectivity index (χ1n) is 5.01. The summed E-state index contributed by atoms with van der Waals surface area (Å²) < 4.78 is 6.11. The van der Waals surface area contributed by atoms with Crippen molar-refractivity contribution in [3.05, 3.63) is 20.8 Å². The topological polar surface area (TPSA) is 26.3 Å². The number of ether oxygens (including phenoxy) is 1. The smallest absolute Gasteiger partial charge is 0.178 e. The molecule has 0 spiro atoms. The van der Waals surface area contributed by atoms with Gasteiger partial charge in [-0.15, -0.1) is 11.3 Å². The second-order valence-corrected chi connectivity index (χ2v) is 5.56. The van der Waals surface area contributed by atoms with Crippen molar-refractivity contribution in [2.75, 3.05) is 6.61 Å². The lowest BCUT2D eigenvalue weighted by atomic mass is 9.96. The predicted octanol–water partition coefficient (Wildman–Crippen LogP) is 3.32. The molecule has 2 rings (SSSR count). The Bertz CT molecular complexity index is 366. The van der Waals surface area contributed by atoms with E-state index in [1.807, 2.05) is 19.9 Å². The first-order valence-corrected chi connectivity index (χ1v) is 6.21. The van der Waals surface area contributed by atoms with Gasteiger partial charge in [-0.1, -0.05) is 11.6 Å². The first-order chi connectivity index (χ1) is 7.09. The van der Waals surface area contributed by atoms with Crippen LogP contribution in [-0.2, 0) is 4.74 Å². The quantitative estimate of drug-likeness (QED) is 0.746. The molecule has 2 atom stereocenters. The van der Waals surface area contributed by atoms with E-state index < -0.39 is 0 Å². The van der Waals surface area contributed by atoms with Gasteiger partial charge in [-0.3, -0.25) is 4.79 Å². The van der Waals surface area contributed by atoms with Gasteiger partial charge in [-0.25, -0.2) is 0 Å². The average Bonchev–Trinajstić information content (AvgIpc) is 2.74. The Kier molecular flexibility index (Phi) is 3.14. The van der Waals surface area contributed by atoms with E-state index in [9.17, 15) is 4.79 Å². The molecule has 2 heterocycles. The summed E-state index contributed by atoms with van der Waals surface area (Å²) in [7, 11) is 0. The number of halogens is 1. The van der Waals surface area contributed by atoms with Crippen LogP contribution < -0.4 is 0 Å². The Balaban J connectivity index is 2.20. The van der Waals surface area contributed by atoms with Crippen LogP contribution in [0.1, 0.15) is 28.6 Å². The van der Waals surface area contributed by atoms with Gasteiger partial charge in [-0.05, 0) is 31.9 Å². The Morgan fingerprint density at radius 2 is 2.40 bits per heavy atom. The SMILES string of the molecule is Cc1cc(C(=O)C2CCOC2C)sc1Cl. The molecule has 82 valence electrons. The normalized spacial score (nSPS) is 25.8. The molecule has 1 fully saturated rings. The van der Waals surface area contributed by atoms with Crippen molar-refractivity contribution < 1.29 is 9.53 Å². The number of Topliss-reactive ketones (excluding diaryl/α,β-unsaturated/α-hetero) is 1. The maximum Gasteiger partial charge on any atom is 0.178 e. The highest BCUT2D eigenvalue weighted by Crippen LogP contribution is 2.32. The van der Waals surface area contributed by atoms with Crippen LogP contribution in [0.25, 0.3) is 0 Å². The Hall–Kier alpha value is -0.380. The molecule has 1 saturated heterocycles. The summed E-state index contributed by atoms with van der Waals surface area (Å²) >= 11 is 7.32. The van der Waals surface area contributed by atoms with Crippen LogP contribution in [0.2, 0.25) is 4.34 Å². The monoisotopic (exact) mass is 244 g/mol. The van der Waals surface area contributed by atoms with Gasteiger partial charge in [0.05, 0.1) is 21.2 Å². The van der Waals surface area contributed by atoms with E-state index in [1.165, 1.54) is 11.3 Å². The molecule has 0 bridgehead atoms. The van der Waals surface area contributed by atoms with Gasteiger partial charge in [-0.2, -0.15) is 0 Å². The first kappa shape index (κ1) is 11.1. The van der Waals surface area contributed by atoms with Crippen LogP contribution in [-0.4, -0.2) is 18.5 Å². The molecule has 1 aromatic heterocycles. The molecule has 2 unspecified atom stereocenters. The lowest BCUT2D eigenvalue weighted by molar-refractivity contribution is 0.0768. The largest absolute Gasteiger partial charge is 0.378 e. The van der Waals surface area contributed by atoms with E-state index in [4.69, 9.17) is 16.3 Å². The third-order valence-electron chi connectivity index (χ3n) is 2.81. The number of carbonyl (C=O) groups is 1. The second-order valence-electron chi connectivity index (χ2n) is 3.90. The van der Waals surface area contributed by atoms with E-state index in [2.05, 4.69) is 0 Å². The summed E-state index contributed by atoms with van der Waals surface area (Å²) in [6.07, 6.45) is 0.868. The summed E-state index contributed by atoms with van der Waals surface area (Å²) in [6, 6.07) is 1.88. The Morgan fingerprint density at radius 3 is 2.87 bits per heavy atom. The molecule has 15 heavy (non-hydrogen) atoms. The van der Waals surface area contributed by atoms with Crippen molar-refractivity contribution >= 4 is 28.7 Å². The lowest BCUT2D eigenvalue weighted by Crippen LogP contribution is -2.20. The predicted molar refractivity (Wildman–Crippen MR) is 61.9 cm³/mol. The third-order valence-corrected chi connectivity index (χ3v) is 4.38. The molecule has 0 saturated carbocycles. The van der Waals surface area contributed by atoms with Gasteiger partial charge in [0.15, 0.2) is 5.78 Å². The fourth-order valence-corrected chi connectivity index (χ4v) is 3.04. The van der Waals surface area contributed by atoms with Crippen LogP contribution in [0.3, 0.4) is 0 Å². The highest BCUT2D eigenvalue weighted by molar-refractivity contribution is 7.18. The zero-order chi connectivity index (χ0) is 11.0. The summed E-state index contributed by atoms with van der Waals surface area (Å²) in [5.74, 6) is 0.194. The molecule has 1 aliphatic rings. The molecule has 4 heteroatoms. The standard InChI is InChI=1S/C11H13ClO2S/c1-6-5-9(15-11(6)12)10(13)8-3-4-14-7(8)2/h5,7-8H,3-4H2,1-2H3. The molecule has 0 aromatic carbocycles. The second kappa shape index (κ2) is 4.24. The highest BCUT2D eigenvalue weighted by Gasteiger charge is 2.32. The van der Waals surface area contributed by atoms with Gasteiger partial charge in [0.1, 0.15) is 0 Å². The van der Waals surface area contributed by atoms with Crippen molar-refractivity contribution in [3.63, 3.8) is 0 Å². The number of carbonyl (C=O) groups excluding carboxylic acids is 1. The molecule has 0 radical (unpaired) electrons. The van der Waals surface area contributed by atoms with Crippen LogP contribution >= 0.6 is 22.9 Å². The summed E-state index contributed by atoms with van der Waals surface area (Å²) in [5.41, 5.74) is 0.983. The minimum atomic E-state index is 0.0131. The van der Waals surface area contributed by atoms with Crippen LogP contribution in [0.15, 0.2) is 6.07 Å². The Labute approximate surface area is 98.2 Å². The fourth-order valence-electron chi connectivity index (χ4n) is 1.84. The van der Waals surface area contributed by atoms with Crippen molar-refractivity contribution in [3.8, 4) is 0 Å². The zero-order valence-electron chi connectivity index (χ0n) is 8.75. The number of thiophene rings is 1. The van der Waals surface area contributed by atoms with Crippen LogP contribution in [0, 0.1) is 12.8 Å². The lowest BCUT2D eigenvalue weighted by Gasteiger charge is -2.10. The van der Waals surface area contributed by atoms with Gasteiger partial charge >= 0.3 is 0 Å². The molecule has 0 amide bonds. The number of rotatable bonds is 2. The molecule has 2 nitrogen and oxygen atoms in total. The van der Waals surface area contributed by atoms with Crippen molar-refractivity contribution in [1.29, 1.82) is 0 Å². The maximum absolute atomic E-state index is 12.1. The maximum atomic E-state index is 12.1. The minimum absolute atomic E-state index is 0.0131. The highest BCUT2D eigenvalue weighted by atomic mass is 35.5. The number of hydrogen-bond acceptors (Lipinski definition) is 3. The average molecular weight is 245 g/mol. The molecule has 0 N–H and O–H groups in total. The van der Waals surface area contributed by atoms with Gasteiger partial charge in [0.2, 0.25) is 0 Å². The zero-order valence-corrected chi connectivity index (χ0v) is 10.3. The van der Waals surface area contributed by atoms with Crippen LogP contribution in [0.4, 0.5) is 0 Å². The Morgan fingerprint density at radius 1 is 1.67 bits per heavy atom. The van der Waals surface area contributed by atoms with E-state index in [0.29, 0.717) is 10.9 Å². The molecular formula is C11H13ClO2S.